The number of fused-ring (bicyclic) bond motifs is 1. The number of sulfone groups is 1. The van der Waals surface area contributed by atoms with Gasteiger partial charge in [-0.15, -0.1) is 0 Å². The van der Waals surface area contributed by atoms with Crippen LogP contribution in [-0.4, -0.2) is 63.1 Å². The van der Waals surface area contributed by atoms with E-state index in [4.69, 9.17) is 4.74 Å². The quantitative estimate of drug-likeness (QED) is 0.357. The lowest BCUT2D eigenvalue weighted by Gasteiger charge is -2.24. The van der Waals surface area contributed by atoms with Crippen molar-refractivity contribution < 1.29 is 27.5 Å². The molecule has 1 aliphatic rings. The number of benzene rings is 1. The third-order valence-corrected chi connectivity index (χ3v) is 6.66. The third kappa shape index (κ3) is 7.33. The van der Waals surface area contributed by atoms with Crippen molar-refractivity contribution in [1.29, 1.82) is 0 Å². The van der Waals surface area contributed by atoms with Crippen molar-refractivity contribution >= 4 is 38.5 Å². The number of carbonyl (C=O) groups is 3. The summed E-state index contributed by atoms with van der Waals surface area (Å²) in [5.74, 6) is -0.646. The summed E-state index contributed by atoms with van der Waals surface area (Å²) in [7, 11) is -1.88. The van der Waals surface area contributed by atoms with Crippen LogP contribution >= 0.6 is 0 Å². The second-order valence-corrected chi connectivity index (χ2v) is 11.5. The number of nitrogens with one attached hydrogen (secondary N) is 4. The number of ether oxygens (including phenoxy) is 1. The average Bonchev–Trinajstić information content (AvgIpc) is 3.42. The van der Waals surface area contributed by atoms with E-state index in [0.717, 1.165) is 22.6 Å². The summed E-state index contributed by atoms with van der Waals surface area (Å²) in [5.41, 5.74) is 1.01. The van der Waals surface area contributed by atoms with E-state index in [0.29, 0.717) is 25.1 Å². The van der Waals surface area contributed by atoms with Gasteiger partial charge in [0.2, 0.25) is 11.8 Å². The molecule has 3 amide bonds. The van der Waals surface area contributed by atoms with E-state index in [1.165, 1.54) is 6.08 Å². The van der Waals surface area contributed by atoms with E-state index in [2.05, 4.69) is 20.9 Å². The second kappa shape index (κ2) is 11.6. The first-order chi connectivity index (χ1) is 17.0. The Morgan fingerprint density at radius 3 is 2.61 bits per heavy atom. The fourth-order valence-electron chi connectivity index (χ4n) is 4.25. The summed E-state index contributed by atoms with van der Waals surface area (Å²) in [5, 5.41) is 10.1. The van der Waals surface area contributed by atoms with Gasteiger partial charge in [-0.1, -0.05) is 26.0 Å². The van der Waals surface area contributed by atoms with E-state index >= 15 is 0 Å². The highest BCUT2D eigenvalue weighted by atomic mass is 32.2. The van der Waals surface area contributed by atoms with Gasteiger partial charge in [-0.3, -0.25) is 14.4 Å². The lowest BCUT2D eigenvalue weighted by atomic mass is 9.97. The molecule has 0 saturated carbocycles. The van der Waals surface area contributed by atoms with Gasteiger partial charge >= 0.3 is 0 Å². The average molecular weight is 519 g/mol. The zero-order valence-corrected chi connectivity index (χ0v) is 21.8. The molecule has 0 spiro atoms. The standard InChI is InChI=1S/C25H34N4O6S/c1-15(2)12-20(29-25(32)21-14-18-19(28-21)6-5-7-22(18)35-3)24(31)27-17(9-11-36(4,33)34)13-16-8-10-26-23(16)30/h5-7,9,11,14-17,20,28H,8,10,12-13H2,1-4H3,(H,26,30)(H,27,31)(H,29,32)/b11-9+/t16?,17?,20-/m0/s1. The van der Waals surface area contributed by atoms with Crippen LogP contribution in [0.3, 0.4) is 0 Å². The Morgan fingerprint density at radius 1 is 1.25 bits per heavy atom. The van der Waals surface area contributed by atoms with E-state index in [1.54, 1.807) is 19.2 Å². The topological polar surface area (TPSA) is 146 Å². The Balaban J connectivity index is 1.78. The zero-order valence-electron chi connectivity index (χ0n) is 21.0. The van der Waals surface area contributed by atoms with Crippen LogP contribution in [0.5, 0.6) is 5.75 Å². The number of hydrogen-bond donors (Lipinski definition) is 4. The van der Waals surface area contributed by atoms with E-state index in [-0.39, 0.29) is 29.9 Å². The second-order valence-electron chi connectivity index (χ2n) is 9.55. The molecular formula is C25H34N4O6S. The van der Waals surface area contributed by atoms with Gasteiger partial charge in [0.05, 0.1) is 7.11 Å². The van der Waals surface area contributed by atoms with Crippen LogP contribution in [0.1, 0.15) is 43.6 Å². The predicted molar refractivity (Wildman–Crippen MR) is 137 cm³/mol. The molecule has 0 bridgehead atoms. The van der Waals surface area contributed by atoms with Crippen LogP contribution in [0.25, 0.3) is 10.9 Å². The summed E-state index contributed by atoms with van der Waals surface area (Å²) in [6.45, 7) is 4.41. The molecule has 1 saturated heterocycles. The number of rotatable bonds is 11. The van der Waals surface area contributed by atoms with Crippen LogP contribution in [0.4, 0.5) is 0 Å². The number of hydrogen-bond acceptors (Lipinski definition) is 6. The minimum absolute atomic E-state index is 0.0921. The van der Waals surface area contributed by atoms with Crippen LogP contribution in [-0.2, 0) is 19.4 Å². The summed E-state index contributed by atoms with van der Waals surface area (Å²) in [4.78, 5) is 41.4. The van der Waals surface area contributed by atoms with Crippen molar-refractivity contribution in [2.75, 3.05) is 19.9 Å². The fraction of sp³-hybridized carbons (Fsp3) is 0.480. The van der Waals surface area contributed by atoms with Crippen LogP contribution < -0.4 is 20.7 Å². The van der Waals surface area contributed by atoms with Crippen LogP contribution in [0, 0.1) is 11.8 Å². The molecular weight excluding hydrogens is 484 g/mol. The Labute approximate surface area is 211 Å². The molecule has 3 atom stereocenters. The monoisotopic (exact) mass is 518 g/mol. The maximum atomic E-state index is 13.3. The number of H-pyrrole nitrogens is 1. The molecule has 4 N–H and O–H groups in total. The maximum absolute atomic E-state index is 13.3. The van der Waals surface area contributed by atoms with Crippen molar-refractivity contribution in [1.82, 2.24) is 20.9 Å². The summed E-state index contributed by atoms with van der Waals surface area (Å²) in [6.07, 6.45) is 3.67. The van der Waals surface area contributed by atoms with Crippen molar-refractivity contribution in [2.24, 2.45) is 11.8 Å². The number of carbonyl (C=O) groups excluding carboxylic acids is 3. The minimum atomic E-state index is -3.43. The predicted octanol–water partition coefficient (Wildman–Crippen LogP) is 1.89. The first-order valence-electron chi connectivity index (χ1n) is 11.9. The normalized spacial score (nSPS) is 17.8. The molecule has 1 aliphatic heterocycles. The molecule has 36 heavy (non-hydrogen) atoms. The first-order valence-corrected chi connectivity index (χ1v) is 13.8. The third-order valence-electron chi connectivity index (χ3n) is 6.00. The molecule has 2 aromatic rings. The molecule has 0 radical (unpaired) electrons. The summed E-state index contributed by atoms with van der Waals surface area (Å²) < 4.78 is 28.7. The number of methoxy groups -OCH3 is 1. The van der Waals surface area contributed by atoms with Crippen molar-refractivity contribution in [3.63, 3.8) is 0 Å². The SMILES string of the molecule is COc1cccc2[nH]c(C(=O)N[C@@H](CC(C)C)C(=O)NC(/C=C/S(C)(=O)=O)CC3CCNC3=O)cc12. The van der Waals surface area contributed by atoms with Gasteiger partial charge in [0, 0.05) is 41.1 Å². The lowest BCUT2D eigenvalue weighted by Crippen LogP contribution is -2.50. The molecule has 0 aliphatic carbocycles. The van der Waals surface area contributed by atoms with Gasteiger partial charge in [0.1, 0.15) is 17.5 Å². The van der Waals surface area contributed by atoms with Gasteiger partial charge in [-0.2, -0.15) is 0 Å². The van der Waals surface area contributed by atoms with E-state index < -0.39 is 33.7 Å². The molecule has 1 fully saturated rings. The Hall–Kier alpha value is -3.34. The van der Waals surface area contributed by atoms with E-state index in [9.17, 15) is 22.8 Å². The highest BCUT2D eigenvalue weighted by molar-refractivity contribution is 7.93. The van der Waals surface area contributed by atoms with Gasteiger partial charge in [-0.25, -0.2) is 8.42 Å². The zero-order chi connectivity index (χ0) is 26.5. The highest BCUT2D eigenvalue weighted by Crippen LogP contribution is 2.26. The largest absolute Gasteiger partial charge is 0.496 e. The van der Waals surface area contributed by atoms with Gasteiger partial charge in [0.15, 0.2) is 9.84 Å². The Morgan fingerprint density at radius 2 is 2.00 bits per heavy atom. The van der Waals surface area contributed by atoms with Crippen molar-refractivity contribution in [2.45, 2.75) is 45.2 Å². The molecule has 10 nitrogen and oxygen atoms in total. The van der Waals surface area contributed by atoms with Crippen molar-refractivity contribution in [3.8, 4) is 5.75 Å². The number of aromatic amines is 1. The molecule has 2 heterocycles. The minimum Gasteiger partial charge on any atom is -0.496 e. The Kier molecular flexibility index (Phi) is 8.78. The Bertz CT molecular complexity index is 1250. The first kappa shape index (κ1) is 27.3. The van der Waals surface area contributed by atoms with Gasteiger partial charge in [-0.05, 0) is 43.4 Å². The molecule has 1 aromatic heterocycles. The smallest absolute Gasteiger partial charge is 0.268 e. The molecule has 3 rings (SSSR count). The van der Waals surface area contributed by atoms with Crippen LogP contribution in [0.15, 0.2) is 35.7 Å². The van der Waals surface area contributed by atoms with Crippen LogP contribution in [0.2, 0.25) is 0 Å². The lowest BCUT2D eigenvalue weighted by molar-refractivity contribution is -0.125. The highest BCUT2D eigenvalue weighted by Gasteiger charge is 2.30. The maximum Gasteiger partial charge on any atom is 0.268 e. The summed E-state index contributed by atoms with van der Waals surface area (Å²) in [6, 6.07) is 5.54. The van der Waals surface area contributed by atoms with Gasteiger partial charge in [0.25, 0.3) is 5.91 Å². The summed E-state index contributed by atoms with van der Waals surface area (Å²) >= 11 is 0. The van der Waals surface area contributed by atoms with E-state index in [1.807, 2.05) is 26.0 Å². The number of aromatic nitrogens is 1. The molecule has 196 valence electrons. The van der Waals surface area contributed by atoms with Crippen molar-refractivity contribution in [3.05, 3.63) is 41.4 Å². The fourth-order valence-corrected chi connectivity index (χ4v) is 4.72. The molecule has 11 heteroatoms. The molecule has 2 unspecified atom stereocenters. The van der Waals surface area contributed by atoms with Gasteiger partial charge < -0.3 is 25.7 Å². The number of amides is 3. The molecule has 1 aromatic carbocycles.